The van der Waals surface area contributed by atoms with Crippen LogP contribution >= 0.6 is 36.4 Å². The number of aromatic nitrogens is 3. The third-order valence-corrected chi connectivity index (χ3v) is 6.98. The molecule has 184 valence electrons. The molecule has 0 saturated carbocycles. The van der Waals surface area contributed by atoms with Crippen molar-refractivity contribution in [2.45, 2.75) is 25.7 Å². The average Bonchev–Trinajstić information content (AvgIpc) is 3.23. The Bertz CT molecular complexity index is 1080. The van der Waals surface area contributed by atoms with Crippen molar-refractivity contribution in [3.05, 3.63) is 47.7 Å². The van der Waals surface area contributed by atoms with Gasteiger partial charge in [0, 0.05) is 42.2 Å². The molecule has 0 radical (unpaired) electrons. The van der Waals surface area contributed by atoms with E-state index in [9.17, 15) is 4.79 Å². The number of carbonyl (C=O) groups excluding carboxylic acids is 1. The van der Waals surface area contributed by atoms with E-state index in [2.05, 4.69) is 20.5 Å². The Morgan fingerprint density at radius 1 is 1.06 bits per heavy atom. The normalized spacial score (nSPS) is 17.1. The van der Waals surface area contributed by atoms with Gasteiger partial charge in [-0.25, -0.2) is 4.68 Å². The minimum atomic E-state index is 0. The topological polar surface area (TPSA) is 75.1 Å². The molecule has 10 heteroatoms. The number of carbonyl (C=O) groups is 1. The first kappa shape index (κ1) is 26.5. The van der Waals surface area contributed by atoms with Crippen LogP contribution in [-0.4, -0.2) is 53.4 Å². The molecule has 0 bridgehead atoms. The first-order valence-electron chi connectivity index (χ1n) is 11.5. The molecule has 2 aliphatic heterocycles. The Kier molecular flexibility index (Phi) is 9.42. The molecule has 1 aromatic carbocycles. The van der Waals surface area contributed by atoms with Crippen LogP contribution in [0.2, 0.25) is 5.02 Å². The minimum absolute atomic E-state index is 0. The maximum absolute atomic E-state index is 12.7. The van der Waals surface area contributed by atoms with E-state index >= 15 is 0 Å². The van der Waals surface area contributed by atoms with Gasteiger partial charge in [-0.2, -0.15) is 0 Å². The lowest BCUT2D eigenvalue weighted by Gasteiger charge is -2.32. The Morgan fingerprint density at radius 3 is 2.47 bits per heavy atom. The fourth-order valence-corrected chi connectivity index (χ4v) is 4.91. The van der Waals surface area contributed by atoms with Crippen LogP contribution < -0.4 is 15.5 Å². The zero-order chi connectivity index (χ0) is 21.9. The highest BCUT2D eigenvalue weighted by molar-refractivity contribution is 6.30. The van der Waals surface area contributed by atoms with E-state index in [1.807, 2.05) is 41.2 Å². The van der Waals surface area contributed by atoms with Gasteiger partial charge in [-0.15, -0.1) is 29.9 Å². The highest BCUT2D eigenvalue weighted by atomic mass is 35.5. The van der Waals surface area contributed by atoms with Crippen LogP contribution in [0.5, 0.6) is 0 Å². The van der Waals surface area contributed by atoms with Crippen LogP contribution in [0.15, 0.2) is 42.7 Å². The number of nitrogens with one attached hydrogen (secondary N) is 2. The molecule has 2 fully saturated rings. The molecule has 2 aliphatic rings. The monoisotopic (exact) mass is 524 g/mol. The van der Waals surface area contributed by atoms with E-state index in [1.54, 1.807) is 6.20 Å². The SMILES string of the molecule is Cl.Cl.O=C(NCC1CCNCC1)C1CCN(c2nn(-c3ccc(Cl)cc3)c3cnccc23)CC1. The van der Waals surface area contributed by atoms with Gasteiger partial charge in [0.05, 0.1) is 17.4 Å². The van der Waals surface area contributed by atoms with Crippen LogP contribution in [0.1, 0.15) is 25.7 Å². The summed E-state index contributed by atoms with van der Waals surface area (Å²) in [5.41, 5.74) is 1.91. The molecule has 2 N–H and O–H groups in total. The van der Waals surface area contributed by atoms with E-state index in [0.717, 1.165) is 80.8 Å². The molecule has 0 unspecified atom stereocenters. The summed E-state index contributed by atoms with van der Waals surface area (Å²) < 4.78 is 1.92. The summed E-state index contributed by atoms with van der Waals surface area (Å²) in [5, 5.41) is 13.3. The first-order valence-corrected chi connectivity index (χ1v) is 11.9. The van der Waals surface area contributed by atoms with Crippen molar-refractivity contribution in [2.24, 2.45) is 11.8 Å². The number of halogens is 3. The van der Waals surface area contributed by atoms with Gasteiger partial charge < -0.3 is 15.5 Å². The number of amides is 1. The average molecular weight is 526 g/mol. The largest absolute Gasteiger partial charge is 0.356 e. The minimum Gasteiger partial charge on any atom is -0.356 e. The van der Waals surface area contributed by atoms with Crippen molar-refractivity contribution < 1.29 is 4.79 Å². The third kappa shape index (κ3) is 5.77. The summed E-state index contributed by atoms with van der Waals surface area (Å²) in [4.78, 5) is 19.3. The van der Waals surface area contributed by atoms with Gasteiger partial charge in [0.1, 0.15) is 0 Å². The lowest BCUT2D eigenvalue weighted by Crippen LogP contribution is -2.43. The highest BCUT2D eigenvalue weighted by Gasteiger charge is 2.28. The van der Waals surface area contributed by atoms with Crippen LogP contribution in [0.4, 0.5) is 5.82 Å². The molecular formula is C24H31Cl3N6O. The fourth-order valence-electron chi connectivity index (χ4n) is 4.79. The van der Waals surface area contributed by atoms with Crippen LogP contribution in [0.25, 0.3) is 16.6 Å². The van der Waals surface area contributed by atoms with E-state index in [4.69, 9.17) is 16.7 Å². The maximum atomic E-state index is 12.7. The third-order valence-electron chi connectivity index (χ3n) is 6.72. The molecule has 5 rings (SSSR count). The number of rotatable bonds is 5. The first-order chi connectivity index (χ1) is 15.7. The molecule has 1 amide bonds. The molecule has 3 aromatic rings. The maximum Gasteiger partial charge on any atom is 0.223 e. The summed E-state index contributed by atoms with van der Waals surface area (Å²) in [6.45, 7) is 4.57. The smallest absolute Gasteiger partial charge is 0.223 e. The summed E-state index contributed by atoms with van der Waals surface area (Å²) in [6, 6.07) is 9.68. The Labute approximate surface area is 217 Å². The molecule has 7 nitrogen and oxygen atoms in total. The summed E-state index contributed by atoms with van der Waals surface area (Å²) in [6.07, 6.45) is 7.65. The van der Waals surface area contributed by atoms with Crippen molar-refractivity contribution in [2.75, 3.05) is 37.6 Å². The van der Waals surface area contributed by atoms with Gasteiger partial charge in [-0.1, -0.05) is 11.6 Å². The predicted octanol–water partition coefficient (Wildman–Crippen LogP) is 4.25. The molecule has 0 spiro atoms. The molecule has 34 heavy (non-hydrogen) atoms. The number of pyridine rings is 1. The Balaban J connectivity index is 0.00000162. The van der Waals surface area contributed by atoms with Gasteiger partial charge in [-0.05, 0) is 75.0 Å². The number of benzene rings is 1. The van der Waals surface area contributed by atoms with Gasteiger partial charge in [-0.3, -0.25) is 9.78 Å². The number of nitrogens with zero attached hydrogens (tertiary/aromatic N) is 4. The Hall–Kier alpha value is -2.06. The number of piperidine rings is 2. The molecule has 0 aliphatic carbocycles. The lowest BCUT2D eigenvalue weighted by atomic mass is 9.94. The van der Waals surface area contributed by atoms with Crippen molar-refractivity contribution >= 4 is 59.0 Å². The van der Waals surface area contributed by atoms with Crippen molar-refractivity contribution in [1.29, 1.82) is 0 Å². The quantitative estimate of drug-likeness (QED) is 0.521. The van der Waals surface area contributed by atoms with Crippen molar-refractivity contribution in [3.8, 4) is 5.69 Å². The van der Waals surface area contributed by atoms with Crippen LogP contribution in [0.3, 0.4) is 0 Å². The second-order valence-electron chi connectivity index (χ2n) is 8.80. The number of hydrogen-bond donors (Lipinski definition) is 2. The molecule has 0 atom stereocenters. The van der Waals surface area contributed by atoms with Crippen LogP contribution in [0, 0.1) is 11.8 Å². The van der Waals surface area contributed by atoms with Gasteiger partial charge in [0.25, 0.3) is 0 Å². The Morgan fingerprint density at radius 2 is 1.76 bits per heavy atom. The molecule has 2 aromatic heterocycles. The van der Waals surface area contributed by atoms with E-state index < -0.39 is 0 Å². The van der Waals surface area contributed by atoms with Crippen molar-refractivity contribution in [1.82, 2.24) is 25.4 Å². The zero-order valence-corrected chi connectivity index (χ0v) is 21.3. The summed E-state index contributed by atoms with van der Waals surface area (Å²) in [5.74, 6) is 1.85. The standard InChI is InChI=1S/C24H29ClN6O.2ClH/c25-19-1-3-20(4-2-19)31-22-16-27-12-7-21(22)23(29-31)30-13-8-18(9-14-30)24(32)28-15-17-5-10-26-11-6-17;;/h1-4,7,12,16-18,26H,5-6,8-11,13-15H2,(H,28,32);2*1H. The second-order valence-corrected chi connectivity index (χ2v) is 9.24. The zero-order valence-electron chi connectivity index (χ0n) is 19.0. The van der Waals surface area contributed by atoms with Gasteiger partial charge in [0.2, 0.25) is 5.91 Å². The number of hydrogen-bond acceptors (Lipinski definition) is 5. The molecule has 2 saturated heterocycles. The molecule has 4 heterocycles. The van der Waals surface area contributed by atoms with Crippen LogP contribution in [-0.2, 0) is 4.79 Å². The van der Waals surface area contributed by atoms with Crippen molar-refractivity contribution in [3.63, 3.8) is 0 Å². The van der Waals surface area contributed by atoms with E-state index in [-0.39, 0.29) is 36.6 Å². The molecular weight excluding hydrogens is 495 g/mol. The van der Waals surface area contributed by atoms with Gasteiger partial charge >= 0.3 is 0 Å². The van der Waals surface area contributed by atoms with Gasteiger partial charge in [0.15, 0.2) is 5.82 Å². The fraction of sp³-hybridized carbons (Fsp3) is 0.458. The highest BCUT2D eigenvalue weighted by Crippen LogP contribution is 2.31. The summed E-state index contributed by atoms with van der Waals surface area (Å²) >= 11 is 6.06. The number of fused-ring (bicyclic) bond motifs is 1. The predicted molar refractivity (Wildman–Crippen MR) is 142 cm³/mol. The summed E-state index contributed by atoms with van der Waals surface area (Å²) in [7, 11) is 0. The van der Waals surface area contributed by atoms with E-state index in [0.29, 0.717) is 10.9 Å². The lowest BCUT2D eigenvalue weighted by molar-refractivity contribution is -0.125. The second kappa shape index (κ2) is 12.1. The number of anilines is 1. The van der Waals surface area contributed by atoms with E-state index in [1.165, 1.54) is 0 Å².